The Kier molecular flexibility index (Phi) is 19.0. The van der Waals surface area contributed by atoms with E-state index in [0.717, 1.165) is 44.9 Å². The molecule has 5 nitrogen and oxygen atoms in total. The standard InChI is InChI=1S/C23H42N2O3/c1-2-3-4-5-6-7-8-9-10-11-12-13-14-15-19-22(26)25-21(23(27)28)18-16-17-20-24/h5-6,8-9,21H,2-4,7,10-20,24H2,1H3,(H,25,26)(H,27,28)/b6-5-,9-8-/t21-/m0/s1. The van der Waals surface area contributed by atoms with Crippen molar-refractivity contribution in [1.82, 2.24) is 5.32 Å². The maximum absolute atomic E-state index is 11.9. The summed E-state index contributed by atoms with van der Waals surface area (Å²) in [4.78, 5) is 23.1. The van der Waals surface area contributed by atoms with E-state index in [1.54, 1.807) is 0 Å². The van der Waals surface area contributed by atoms with Crippen LogP contribution in [0.4, 0.5) is 0 Å². The number of hydrogen-bond acceptors (Lipinski definition) is 3. The Morgan fingerprint density at radius 3 is 2.18 bits per heavy atom. The van der Waals surface area contributed by atoms with Crippen molar-refractivity contribution < 1.29 is 14.7 Å². The van der Waals surface area contributed by atoms with Gasteiger partial charge in [-0.15, -0.1) is 0 Å². The minimum Gasteiger partial charge on any atom is -0.480 e. The minimum absolute atomic E-state index is 0.157. The highest BCUT2D eigenvalue weighted by Crippen LogP contribution is 2.09. The summed E-state index contributed by atoms with van der Waals surface area (Å²) in [5.41, 5.74) is 5.42. The van der Waals surface area contributed by atoms with Crippen molar-refractivity contribution >= 4 is 11.9 Å². The number of amides is 1. The van der Waals surface area contributed by atoms with Crippen molar-refractivity contribution in [1.29, 1.82) is 0 Å². The van der Waals surface area contributed by atoms with Gasteiger partial charge < -0.3 is 16.2 Å². The van der Waals surface area contributed by atoms with Crippen LogP contribution in [-0.2, 0) is 9.59 Å². The molecule has 0 fully saturated rings. The largest absolute Gasteiger partial charge is 0.480 e. The molecule has 0 radical (unpaired) electrons. The molecule has 0 saturated carbocycles. The lowest BCUT2D eigenvalue weighted by Crippen LogP contribution is -2.40. The molecule has 162 valence electrons. The van der Waals surface area contributed by atoms with Gasteiger partial charge in [-0.25, -0.2) is 4.79 Å². The third-order valence-electron chi connectivity index (χ3n) is 4.68. The van der Waals surface area contributed by atoms with E-state index in [1.165, 1.54) is 32.1 Å². The number of allylic oxidation sites excluding steroid dienone is 4. The summed E-state index contributed by atoms with van der Waals surface area (Å²) in [5.74, 6) is -1.12. The number of unbranched alkanes of at least 4 members (excludes halogenated alkanes) is 8. The van der Waals surface area contributed by atoms with Gasteiger partial charge in [-0.1, -0.05) is 63.3 Å². The molecule has 0 saturated heterocycles. The van der Waals surface area contributed by atoms with Crippen LogP contribution in [0.3, 0.4) is 0 Å². The molecule has 0 bridgehead atoms. The second-order valence-corrected chi connectivity index (χ2v) is 7.37. The molecule has 5 heteroatoms. The molecule has 0 unspecified atom stereocenters. The van der Waals surface area contributed by atoms with E-state index in [-0.39, 0.29) is 5.91 Å². The number of nitrogens with one attached hydrogen (secondary N) is 1. The SMILES string of the molecule is CCCC/C=C\C/C=C\CCCCCCCC(=O)N[C@@H](CCCCN)C(=O)O. The fourth-order valence-electron chi connectivity index (χ4n) is 2.92. The topological polar surface area (TPSA) is 92.4 Å². The Labute approximate surface area is 171 Å². The maximum atomic E-state index is 11.9. The van der Waals surface area contributed by atoms with Gasteiger partial charge in [0, 0.05) is 6.42 Å². The highest BCUT2D eigenvalue weighted by atomic mass is 16.4. The second-order valence-electron chi connectivity index (χ2n) is 7.37. The third kappa shape index (κ3) is 17.8. The van der Waals surface area contributed by atoms with Crippen LogP contribution in [-0.4, -0.2) is 29.6 Å². The van der Waals surface area contributed by atoms with Crippen molar-refractivity contribution in [2.75, 3.05) is 6.54 Å². The molecule has 0 spiro atoms. The predicted molar refractivity (Wildman–Crippen MR) is 117 cm³/mol. The first-order valence-corrected chi connectivity index (χ1v) is 11.1. The minimum atomic E-state index is -0.963. The summed E-state index contributed by atoms with van der Waals surface area (Å²) in [7, 11) is 0. The van der Waals surface area contributed by atoms with Crippen LogP contribution in [0.15, 0.2) is 24.3 Å². The first-order valence-electron chi connectivity index (χ1n) is 11.1. The first-order chi connectivity index (χ1) is 13.6. The zero-order valence-corrected chi connectivity index (χ0v) is 17.8. The van der Waals surface area contributed by atoms with Crippen LogP contribution < -0.4 is 11.1 Å². The Morgan fingerprint density at radius 2 is 1.54 bits per heavy atom. The van der Waals surface area contributed by atoms with Crippen LogP contribution >= 0.6 is 0 Å². The highest BCUT2D eigenvalue weighted by Gasteiger charge is 2.18. The molecule has 0 aliphatic carbocycles. The summed E-state index contributed by atoms with van der Waals surface area (Å²) < 4.78 is 0. The fourth-order valence-corrected chi connectivity index (χ4v) is 2.92. The predicted octanol–water partition coefficient (Wildman–Crippen LogP) is 5.11. The molecule has 0 aromatic rings. The van der Waals surface area contributed by atoms with Crippen molar-refractivity contribution in [2.45, 2.75) is 103 Å². The van der Waals surface area contributed by atoms with E-state index >= 15 is 0 Å². The van der Waals surface area contributed by atoms with Gasteiger partial charge in [-0.2, -0.15) is 0 Å². The zero-order chi connectivity index (χ0) is 20.9. The maximum Gasteiger partial charge on any atom is 0.326 e. The van der Waals surface area contributed by atoms with Gasteiger partial charge >= 0.3 is 5.97 Å². The molecule has 0 aliphatic heterocycles. The number of rotatable bonds is 19. The Bertz CT molecular complexity index is 447. The van der Waals surface area contributed by atoms with E-state index < -0.39 is 12.0 Å². The van der Waals surface area contributed by atoms with Crippen LogP contribution in [0.1, 0.15) is 96.8 Å². The van der Waals surface area contributed by atoms with E-state index in [4.69, 9.17) is 10.8 Å². The number of carbonyl (C=O) groups excluding carboxylic acids is 1. The molecule has 1 atom stereocenters. The summed E-state index contributed by atoms with van der Waals surface area (Å²) >= 11 is 0. The monoisotopic (exact) mass is 394 g/mol. The lowest BCUT2D eigenvalue weighted by atomic mass is 10.1. The van der Waals surface area contributed by atoms with E-state index in [0.29, 0.717) is 19.4 Å². The van der Waals surface area contributed by atoms with Gasteiger partial charge in [-0.3, -0.25) is 4.79 Å². The van der Waals surface area contributed by atoms with Gasteiger partial charge in [0.25, 0.3) is 0 Å². The summed E-state index contributed by atoms with van der Waals surface area (Å²) in [5, 5.41) is 11.8. The Morgan fingerprint density at radius 1 is 0.893 bits per heavy atom. The summed E-state index contributed by atoms with van der Waals surface area (Å²) in [6.07, 6.45) is 22.5. The fraction of sp³-hybridized carbons (Fsp3) is 0.739. The van der Waals surface area contributed by atoms with Crippen LogP contribution in [0.2, 0.25) is 0 Å². The quantitative estimate of drug-likeness (QED) is 0.210. The summed E-state index contributed by atoms with van der Waals surface area (Å²) in [6.45, 7) is 2.76. The van der Waals surface area contributed by atoms with E-state index in [2.05, 4.69) is 36.5 Å². The van der Waals surface area contributed by atoms with Gasteiger partial charge in [0.05, 0.1) is 0 Å². The molecule has 0 aliphatic rings. The molecular weight excluding hydrogens is 352 g/mol. The van der Waals surface area contributed by atoms with E-state index in [1.807, 2.05) is 0 Å². The average Bonchev–Trinajstić information content (AvgIpc) is 2.67. The summed E-state index contributed by atoms with van der Waals surface area (Å²) in [6, 6.07) is -0.785. The van der Waals surface area contributed by atoms with Crippen LogP contribution in [0.5, 0.6) is 0 Å². The van der Waals surface area contributed by atoms with Crippen molar-refractivity contribution in [3.8, 4) is 0 Å². The van der Waals surface area contributed by atoms with Crippen molar-refractivity contribution in [3.63, 3.8) is 0 Å². The normalized spacial score (nSPS) is 12.6. The highest BCUT2D eigenvalue weighted by molar-refractivity contribution is 5.83. The molecule has 28 heavy (non-hydrogen) atoms. The average molecular weight is 395 g/mol. The number of carbonyl (C=O) groups is 2. The third-order valence-corrected chi connectivity index (χ3v) is 4.68. The molecule has 0 rings (SSSR count). The van der Waals surface area contributed by atoms with Gasteiger partial charge in [0.2, 0.25) is 5.91 Å². The lowest BCUT2D eigenvalue weighted by molar-refractivity contribution is -0.142. The Balaban J connectivity index is 3.59. The number of carboxylic acids is 1. The molecule has 4 N–H and O–H groups in total. The van der Waals surface area contributed by atoms with Gasteiger partial charge in [-0.05, 0) is 57.9 Å². The van der Waals surface area contributed by atoms with Crippen molar-refractivity contribution in [2.24, 2.45) is 5.73 Å². The van der Waals surface area contributed by atoms with Gasteiger partial charge in [0.1, 0.15) is 6.04 Å². The first kappa shape index (κ1) is 26.4. The lowest BCUT2D eigenvalue weighted by Gasteiger charge is -2.14. The number of nitrogens with two attached hydrogens (primary N) is 1. The molecule has 0 heterocycles. The molecule has 1 amide bonds. The smallest absolute Gasteiger partial charge is 0.326 e. The molecule has 0 aromatic carbocycles. The molecular formula is C23H42N2O3. The van der Waals surface area contributed by atoms with Gasteiger partial charge in [0.15, 0.2) is 0 Å². The van der Waals surface area contributed by atoms with E-state index in [9.17, 15) is 9.59 Å². The number of aliphatic carboxylic acids is 1. The Hall–Kier alpha value is -1.62. The van der Waals surface area contributed by atoms with Crippen LogP contribution in [0.25, 0.3) is 0 Å². The second kappa shape index (κ2) is 20.1. The number of hydrogen-bond donors (Lipinski definition) is 3. The number of carboxylic acid groups (broad SMARTS) is 1. The zero-order valence-electron chi connectivity index (χ0n) is 17.8. The van der Waals surface area contributed by atoms with Crippen molar-refractivity contribution in [3.05, 3.63) is 24.3 Å². The molecule has 0 aromatic heterocycles. The van der Waals surface area contributed by atoms with Crippen LogP contribution in [0, 0.1) is 0 Å².